The van der Waals surface area contributed by atoms with Gasteiger partial charge in [0.1, 0.15) is 0 Å². The number of hydrogen-bond acceptors (Lipinski definition) is 4. The Morgan fingerprint density at radius 1 is 0.306 bits per heavy atom. The smallest absolute Gasteiger partial charge is 0.164 e. The molecule has 3 aromatic heterocycles. The van der Waals surface area contributed by atoms with E-state index >= 15 is 0 Å². The minimum absolute atomic E-state index is 0.612. The molecular formula is C57H36N4S. The number of thiophene rings is 1. The Hall–Kier alpha value is -7.99. The Kier molecular flexibility index (Phi) is 8.65. The van der Waals surface area contributed by atoms with Gasteiger partial charge in [-0.05, 0) is 58.1 Å². The van der Waals surface area contributed by atoms with Crippen molar-refractivity contribution in [2.75, 3.05) is 0 Å². The second kappa shape index (κ2) is 14.9. The van der Waals surface area contributed by atoms with Crippen molar-refractivity contribution in [1.29, 1.82) is 0 Å². The summed E-state index contributed by atoms with van der Waals surface area (Å²) in [6.07, 6.45) is 0. The number of hydrogen-bond donors (Lipinski definition) is 0. The standard InChI is InChI=1S/C57H36N4S/c1-5-18-37(19-6-1)47-36-52(48(38-20-7-2-8-21-38)35-49(47)57-59-55(39-22-9-3-10-23-39)58-56(60-57)40-24-11-4-12-25-40)61-50-30-15-13-26-43(50)44-33-32-41(34-51(44)61)42-28-17-29-46-45-27-14-16-31-53(45)62-54(42)46/h1-36H. The zero-order valence-corrected chi connectivity index (χ0v) is 34.3. The first-order valence-corrected chi connectivity index (χ1v) is 21.7. The lowest BCUT2D eigenvalue weighted by molar-refractivity contribution is 1.07. The summed E-state index contributed by atoms with van der Waals surface area (Å²) in [6, 6.07) is 77.6. The van der Waals surface area contributed by atoms with E-state index in [-0.39, 0.29) is 0 Å². The fourth-order valence-electron chi connectivity index (χ4n) is 8.96. The lowest BCUT2D eigenvalue weighted by Gasteiger charge is -2.20. The summed E-state index contributed by atoms with van der Waals surface area (Å²) in [4.78, 5) is 15.6. The van der Waals surface area contributed by atoms with Gasteiger partial charge in [0.25, 0.3) is 0 Å². The van der Waals surface area contributed by atoms with Crippen LogP contribution in [0.3, 0.4) is 0 Å². The minimum atomic E-state index is 0.612. The Balaban J connectivity index is 1.16. The van der Waals surface area contributed by atoms with E-state index in [9.17, 15) is 0 Å². The molecule has 0 bridgehead atoms. The first-order chi connectivity index (χ1) is 30.7. The molecule has 0 unspecified atom stereocenters. The Bertz CT molecular complexity index is 3560. The van der Waals surface area contributed by atoms with Gasteiger partial charge in [-0.1, -0.05) is 188 Å². The zero-order chi connectivity index (χ0) is 41.0. The normalized spacial score (nSPS) is 11.5. The largest absolute Gasteiger partial charge is 0.309 e. The molecule has 0 saturated heterocycles. The molecule has 0 N–H and O–H groups in total. The molecule has 0 aliphatic heterocycles. The van der Waals surface area contributed by atoms with Crippen LogP contribution in [0.5, 0.6) is 0 Å². The molecule has 0 spiro atoms. The predicted octanol–water partition coefficient (Wildman–Crippen LogP) is 15.3. The number of benzene rings is 9. The van der Waals surface area contributed by atoms with E-state index in [4.69, 9.17) is 15.0 Å². The van der Waals surface area contributed by atoms with E-state index in [1.165, 1.54) is 42.1 Å². The molecule has 12 rings (SSSR count). The van der Waals surface area contributed by atoms with Gasteiger partial charge in [0, 0.05) is 53.2 Å². The molecule has 0 aliphatic carbocycles. The van der Waals surface area contributed by atoms with Crippen LogP contribution in [0.25, 0.3) is 115 Å². The summed E-state index contributed by atoms with van der Waals surface area (Å²) < 4.78 is 5.07. The van der Waals surface area contributed by atoms with Crippen molar-refractivity contribution in [3.05, 3.63) is 218 Å². The number of nitrogens with zero attached hydrogens (tertiary/aromatic N) is 4. The molecule has 0 amide bonds. The quantitative estimate of drug-likeness (QED) is 0.161. The van der Waals surface area contributed by atoms with Gasteiger partial charge in [0.2, 0.25) is 0 Å². The van der Waals surface area contributed by atoms with Crippen LogP contribution in [-0.4, -0.2) is 19.5 Å². The minimum Gasteiger partial charge on any atom is -0.309 e. The lowest BCUT2D eigenvalue weighted by Crippen LogP contribution is -2.04. The fourth-order valence-corrected chi connectivity index (χ4v) is 10.2. The molecule has 0 fully saturated rings. The Morgan fingerprint density at radius 3 is 1.52 bits per heavy atom. The van der Waals surface area contributed by atoms with Crippen molar-refractivity contribution >= 4 is 53.3 Å². The molecule has 0 saturated carbocycles. The van der Waals surface area contributed by atoms with Crippen LogP contribution in [-0.2, 0) is 0 Å². The van der Waals surface area contributed by atoms with Gasteiger partial charge in [-0.2, -0.15) is 0 Å². The molecule has 5 heteroatoms. The molecule has 0 atom stereocenters. The molecular weight excluding hydrogens is 773 g/mol. The van der Waals surface area contributed by atoms with Gasteiger partial charge >= 0.3 is 0 Å². The van der Waals surface area contributed by atoms with Crippen LogP contribution in [0, 0.1) is 0 Å². The highest BCUT2D eigenvalue weighted by atomic mass is 32.1. The number of aromatic nitrogens is 4. The Morgan fingerprint density at radius 2 is 0.839 bits per heavy atom. The van der Waals surface area contributed by atoms with E-state index in [0.29, 0.717) is 17.5 Å². The second-order valence-corrected chi connectivity index (χ2v) is 16.6. The molecule has 290 valence electrons. The van der Waals surface area contributed by atoms with Crippen LogP contribution >= 0.6 is 11.3 Å². The van der Waals surface area contributed by atoms with Crippen molar-refractivity contribution in [1.82, 2.24) is 19.5 Å². The van der Waals surface area contributed by atoms with E-state index in [1.807, 2.05) is 47.7 Å². The van der Waals surface area contributed by atoms with Crippen molar-refractivity contribution in [3.63, 3.8) is 0 Å². The maximum Gasteiger partial charge on any atom is 0.164 e. The summed E-state index contributed by atoms with van der Waals surface area (Å²) in [5, 5.41) is 5.00. The third-order valence-electron chi connectivity index (χ3n) is 11.9. The zero-order valence-electron chi connectivity index (χ0n) is 33.5. The first kappa shape index (κ1) is 35.9. The molecule has 62 heavy (non-hydrogen) atoms. The highest BCUT2D eigenvalue weighted by Crippen LogP contribution is 2.45. The van der Waals surface area contributed by atoms with Crippen LogP contribution in [0.15, 0.2) is 218 Å². The van der Waals surface area contributed by atoms with Gasteiger partial charge in [0.15, 0.2) is 17.5 Å². The second-order valence-electron chi connectivity index (χ2n) is 15.6. The third-order valence-corrected chi connectivity index (χ3v) is 13.1. The summed E-state index contributed by atoms with van der Waals surface area (Å²) in [5.41, 5.74) is 12.8. The van der Waals surface area contributed by atoms with Crippen molar-refractivity contribution in [3.8, 4) is 73.2 Å². The van der Waals surface area contributed by atoms with Crippen LogP contribution < -0.4 is 0 Å². The van der Waals surface area contributed by atoms with E-state index in [1.54, 1.807) is 0 Å². The van der Waals surface area contributed by atoms with Crippen molar-refractivity contribution in [2.24, 2.45) is 0 Å². The van der Waals surface area contributed by atoms with E-state index in [0.717, 1.165) is 55.7 Å². The highest BCUT2D eigenvalue weighted by Gasteiger charge is 2.23. The summed E-state index contributed by atoms with van der Waals surface area (Å²) >= 11 is 1.87. The highest BCUT2D eigenvalue weighted by molar-refractivity contribution is 7.26. The number of fused-ring (bicyclic) bond motifs is 6. The Labute approximate surface area is 362 Å². The molecule has 0 radical (unpaired) electrons. The van der Waals surface area contributed by atoms with Crippen molar-refractivity contribution < 1.29 is 0 Å². The SMILES string of the molecule is c1ccc(-c2nc(-c3ccccc3)nc(-c3cc(-c4ccccc4)c(-n4c5ccccc5c5ccc(-c6cccc7c6sc6ccccc67)cc54)cc3-c3ccccc3)n2)cc1. The van der Waals surface area contributed by atoms with Gasteiger partial charge in [-0.25, -0.2) is 15.0 Å². The monoisotopic (exact) mass is 808 g/mol. The average molecular weight is 809 g/mol. The number of para-hydroxylation sites is 1. The predicted molar refractivity (Wildman–Crippen MR) is 260 cm³/mol. The van der Waals surface area contributed by atoms with Gasteiger partial charge in [0.05, 0.1) is 16.7 Å². The van der Waals surface area contributed by atoms with Gasteiger partial charge in [-0.3, -0.25) is 0 Å². The molecule has 12 aromatic rings. The summed E-state index contributed by atoms with van der Waals surface area (Å²) in [6.45, 7) is 0. The molecule has 9 aromatic carbocycles. The third kappa shape index (κ3) is 6.09. The first-order valence-electron chi connectivity index (χ1n) is 20.9. The van der Waals surface area contributed by atoms with Gasteiger partial charge < -0.3 is 4.57 Å². The van der Waals surface area contributed by atoms with Gasteiger partial charge in [-0.15, -0.1) is 11.3 Å². The fraction of sp³-hybridized carbons (Fsp3) is 0. The number of rotatable bonds is 7. The van der Waals surface area contributed by atoms with Crippen LogP contribution in [0.2, 0.25) is 0 Å². The maximum absolute atomic E-state index is 5.27. The summed E-state index contributed by atoms with van der Waals surface area (Å²) in [5.74, 6) is 1.87. The molecule has 0 aliphatic rings. The van der Waals surface area contributed by atoms with E-state index < -0.39 is 0 Å². The molecule has 4 nitrogen and oxygen atoms in total. The van der Waals surface area contributed by atoms with E-state index in [2.05, 4.69) is 187 Å². The maximum atomic E-state index is 5.27. The average Bonchev–Trinajstić information content (AvgIpc) is 3.90. The topological polar surface area (TPSA) is 43.6 Å². The summed E-state index contributed by atoms with van der Waals surface area (Å²) in [7, 11) is 0. The van der Waals surface area contributed by atoms with Crippen molar-refractivity contribution in [2.45, 2.75) is 0 Å². The van der Waals surface area contributed by atoms with Crippen LogP contribution in [0.4, 0.5) is 0 Å². The molecule has 3 heterocycles. The van der Waals surface area contributed by atoms with Crippen LogP contribution in [0.1, 0.15) is 0 Å². The lowest BCUT2D eigenvalue weighted by atomic mass is 9.92.